The molecular weight excluding hydrogens is 230 g/mol. The molecule has 2 amide bonds. The number of rotatable bonds is 5. The molecule has 5 heteroatoms. The minimum absolute atomic E-state index is 0.0680. The topological polar surface area (TPSA) is 89.4 Å². The second kappa shape index (κ2) is 6.44. The van der Waals surface area contributed by atoms with Crippen LogP contribution in [0.4, 0.5) is 5.69 Å². The molecule has 0 aromatic heterocycles. The Hall–Kier alpha value is -2.30. The number of nitrogen functional groups attached to an aromatic ring is 1. The van der Waals surface area contributed by atoms with Crippen LogP contribution in [-0.4, -0.2) is 29.8 Å². The average molecular weight is 247 g/mol. The Bertz CT molecular complexity index is 452. The molecule has 0 atom stereocenters. The van der Waals surface area contributed by atoms with E-state index in [-0.39, 0.29) is 12.5 Å². The van der Waals surface area contributed by atoms with E-state index >= 15 is 0 Å². The molecule has 1 rings (SSSR count). The number of carbonyl (C=O) groups is 2. The van der Waals surface area contributed by atoms with Crippen molar-refractivity contribution in [1.29, 1.82) is 0 Å². The van der Waals surface area contributed by atoms with Gasteiger partial charge in [-0.2, -0.15) is 0 Å². The lowest BCUT2D eigenvalue weighted by Gasteiger charge is -2.16. The summed E-state index contributed by atoms with van der Waals surface area (Å²) in [7, 11) is 0. The first-order valence-corrected chi connectivity index (χ1v) is 5.63. The van der Waals surface area contributed by atoms with Crippen LogP contribution in [0, 0.1) is 0 Å². The number of benzene rings is 1. The van der Waals surface area contributed by atoms with E-state index in [1.54, 1.807) is 25.1 Å². The van der Waals surface area contributed by atoms with Crippen LogP contribution >= 0.6 is 0 Å². The first-order chi connectivity index (χ1) is 8.52. The monoisotopic (exact) mass is 247 g/mol. The maximum absolute atomic E-state index is 11.8. The smallest absolute Gasteiger partial charge is 0.247 e. The van der Waals surface area contributed by atoms with Crippen molar-refractivity contribution in [1.82, 2.24) is 4.90 Å². The fourth-order valence-corrected chi connectivity index (χ4v) is 1.41. The highest BCUT2D eigenvalue weighted by atomic mass is 16.2. The Kier molecular flexibility index (Phi) is 4.92. The molecule has 4 N–H and O–H groups in total. The van der Waals surface area contributed by atoms with Crippen LogP contribution in [0.25, 0.3) is 6.08 Å². The summed E-state index contributed by atoms with van der Waals surface area (Å²) in [6, 6.07) is 7.13. The number of anilines is 1. The Morgan fingerprint density at radius 2 is 1.89 bits per heavy atom. The number of hydrogen-bond donors (Lipinski definition) is 2. The summed E-state index contributed by atoms with van der Waals surface area (Å²) in [6.45, 7) is 2.16. The van der Waals surface area contributed by atoms with E-state index in [0.29, 0.717) is 12.2 Å². The van der Waals surface area contributed by atoms with Crippen molar-refractivity contribution in [2.24, 2.45) is 5.73 Å². The van der Waals surface area contributed by atoms with E-state index in [9.17, 15) is 9.59 Å². The lowest BCUT2D eigenvalue weighted by molar-refractivity contribution is -0.130. The van der Waals surface area contributed by atoms with Gasteiger partial charge in [0.15, 0.2) is 0 Å². The highest BCUT2D eigenvalue weighted by molar-refractivity contribution is 5.94. The predicted octanol–water partition coefficient (Wildman–Crippen LogP) is 0.616. The zero-order chi connectivity index (χ0) is 13.5. The second-order valence-electron chi connectivity index (χ2n) is 3.82. The molecule has 0 bridgehead atoms. The van der Waals surface area contributed by atoms with Gasteiger partial charge in [-0.05, 0) is 30.7 Å². The van der Waals surface area contributed by atoms with Crippen molar-refractivity contribution in [2.45, 2.75) is 6.92 Å². The van der Waals surface area contributed by atoms with Crippen LogP contribution in [0.2, 0.25) is 0 Å². The van der Waals surface area contributed by atoms with E-state index < -0.39 is 5.91 Å². The number of primary amides is 1. The van der Waals surface area contributed by atoms with Crippen LogP contribution in [0.3, 0.4) is 0 Å². The minimum Gasteiger partial charge on any atom is -0.399 e. The number of nitrogens with zero attached hydrogens (tertiary/aromatic N) is 1. The molecule has 0 heterocycles. The molecule has 0 fully saturated rings. The van der Waals surface area contributed by atoms with Gasteiger partial charge in [-0.15, -0.1) is 0 Å². The van der Waals surface area contributed by atoms with E-state index in [4.69, 9.17) is 11.5 Å². The Morgan fingerprint density at radius 3 is 2.39 bits per heavy atom. The molecular formula is C13H17N3O2. The summed E-state index contributed by atoms with van der Waals surface area (Å²) in [4.78, 5) is 23.9. The summed E-state index contributed by atoms with van der Waals surface area (Å²) in [5.74, 6) is -0.765. The van der Waals surface area contributed by atoms with Crippen molar-refractivity contribution in [3.8, 4) is 0 Å². The normalized spacial score (nSPS) is 10.5. The minimum atomic E-state index is -0.522. The van der Waals surface area contributed by atoms with Crippen molar-refractivity contribution in [3.63, 3.8) is 0 Å². The number of hydrogen-bond acceptors (Lipinski definition) is 3. The quantitative estimate of drug-likeness (QED) is 0.590. The summed E-state index contributed by atoms with van der Waals surface area (Å²) >= 11 is 0. The summed E-state index contributed by atoms with van der Waals surface area (Å²) in [6.07, 6.45) is 3.09. The van der Waals surface area contributed by atoms with Gasteiger partial charge in [0, 0.05) is 18.3 Å². The van der Waals surface area contributed by atoms with Gasteiger partial charge < -0.3 is 16.4 Å². The van der Waals surface area contributed by atoms with Crippen molar-refractivity contribution in [3.05, 3.63) is 35.9 Å². The van der Waals surface area contributed by atoms with E-state index in [1.807, 2.05) is 12.1 Å². The first kappa shape index (κ1) is 13.8. The third-order valence-corrected chi connectivity index (χ3v) is 2.39. The zero-order valence-corrected chi connectivity index (χ0v) is 10.3. The van der Waals surface area contributed by atoms with Crippen molar-refractivity contribution >= 4 is 23.6 Å². The highest BCUT2D eigenvalue weighted by Crippen LogP contribution is 2.07. The molecule has 0 unspecified atom stereocenters. The average Bonchev–Trinajstić information content (AvgIpc) is 2.34. The van der Waals surface area contributed by atoms with Gasteiger partial charge in [-0.3, -0.25) is 9.59 Å². The maximum atomic E-state index is 11.8. The molecule has 5 nitrogen and oxygen atoms in total. The number of carbonyl (C=O) groups excluding carboxylic acids is 2. The molecule has 1 aromatic rings. The Balaban J connectivity index is 2.67. The van der Waals surface area contributed by atoms with Crippen LogP contribution in [0.5, 0.6) is 0 Å². The van der Waals surface area contributed by atoms with E-state index in [2.05, 4.69) is 0 Å². The third kappa shape index (κ3) is 4.29. The lowest BCUT2D eigenvalue weighted by Crippen LogP contribution is -2.37. The fraction of sp³-hybridized carbons (Fsp3) is 0.231. The van der Waals surface area contributed by atoms with E-state index in [1.165, 1.54) is 11.0 Å². The summed E-state index contributed by atoms with van der Waals surface area (Å²) < 4.78 is 0. The summed E-state index contributed by atoms with van der Waals surface area (Å²) in [5.41, 5.74) is 12.2. The standard InChI is InChI=1S/C13H17N3O2/c1-2-16(9-12(15)17)13(18)8-5-10-3-6-11(14)7-4-10/h3-8H,2,9,14H2,1H3,(H2,15,17)/b8-5+. The predicted molar refractivity (Wildman–Crippen MR) is 71.3 cm³/mol. The molecule has 1 aromatic carbocycles. The SMILES string of the molecule is CCN(CC(N)=O)C(=O)/C=C/c1ccc(N)cc1. The molecule has 0 saturated carbocycles. The maximum Gasteiger partial charge on any atom is 0.247 e. The lowest BCUT2D eigenvalue weighted by atomic mass is 10.2. The van der Waals surface area contributed by atoms with E-state index in [0.717, 1.165) is 5.56 Å². The zero-order valence-electron chi connectivity index (χ0n) is 10.3. The Labute approximate surface area is 106 Å². The fourth-order valence-electron chi connectivity index (χ4n) is 1.41. The number of likely N-dealkylation sites (N-methyl/N-ethyl adjacent to an activating group) is 1. The third-order valence-electron chi connectivity index (χ3n) is 2.39. The number of amides is 2. The van der Waals surface area contributed by atoms with Gasteiger partial charge in [0.05, 0.1) is 6.54 Å². The van der Waals surface area contributed by atoms with Gasteiger partial charge in [0.2, 0.25) is 11.8 Å². The largest absolute Gasteiger partial charge is 0.399 e. The van der Waals surface area contributed by atoms with Crippen LogP contribution in [0.15, 0.2) is 30.3 Å². The molecule has 0 saturated heterocycles. The van der Waals surface area contributed by atoms with Gasteiger partial charge in [0.1, 0.15) is 0 Å². The van der Waals surface area contributed by atoms with Gasteiger partial charge in [-0.1, -0.05) is 12.1 Å². The second-order valence-corrected chi connectivity index (χ2v) is 3.82. The molecule has 0 radical (unpaired) electrons. The van der Waals surface area contributed by atoms with Crippen LogP contribution in [0.1, 0.15) is 12.5 Å². The van der Waals surface area contributed by atoms with Crippen molar-refractivity contribution in [2.75, 3.05) is 18.8 Å². The van der Waals surface area contributed by atoms with Crippen LogP contribution in [-0.2, 0) is 9.59 Å². The molecule has 0 spiro atoms. The molecule has 0 aliphatic rings. The van der Waals surface area contributed by atoms with Crippen LogP contribution < -0.4 is 11.5 Å². The molecule has 18 heavy (non-hydrogen) atoms. The van der Waals surface area contributed by atoms with Gasteiger partial charge >= 0.3 is 0 Å². The van der Waals surface area contributed by atoms with Gasteiger partial charge in [-0.25, -0.2) is 0 Å². The number of nitrogens with two attached hydrogens (primary N) is 2. The molecule has 96 valence electrons. The molecule has 0 aliphatic heterocycles. The summed E-state index contributed by atoms with van der Waals surface area (Å²) in [5, 5.41) is 0. The van der Waals surface area contributed by atoms with Gasteiger partial charge in [0.25, 0.3) is 0 Å². The first-order valence-electron chi connectivity index (χ1n) is 5.63. The Morgan fingerprint density at radius 1 is 1.28 bits per heavy atom. The van der Waals surface area contributed by atoms with Crippen molar-refractivity contribution < 1.29 is 9.59 Å². The highest BCUT2D eigenvalue weighted by Gasteiger charge is 2.10. The molecule has 0 aliphatic carbocycles.